The molecular weight excluding hydrogens is 440 g/mol. The maximum atomic E-state index is 12.5. The minimum atomic E-state index is -3.45. The van der Waals surface area contributed by atoms with E-state index in [9.17, 15) is 18.3 Å². The molecule has 8 nitrogen and oxygen atoms in total. The summed E-state index contributed by atoms with van der Waals surface area (Å²) in [6, 6.07) is 18.2. The average Bonchev–Trinajstić information content (AvgIpc) is 2.82. The van der Waals surface area contributed by atoms with Crippen LogP contribution in [-0.2, 0) is 20.6 Å². The fraction of sp³-hybridized carbons (Fsp3) is 0.333. The zero-order chi connectivity index (χ0) is 23.3. The van der Waals surface area contributed by atoms with Gasteiger partial charge in [0.1, 0.15) is 17.1 Å². The molecule has 1 aromatic heterocycles. The van der Waals surface area contributed by atoms with Crippen molar-refractivity contribution in [3.05, 3.63) is 66.2 Å². The van der Waals surface area contributed by atoms with E-state index in [0.29, 0.717) is 31.4 Å². The van der Waals surface area contributed by atoms with Gasteiger partial charge in [-0.1, -0.05) is 42.5 Å². The highest BCUT2D eigenvalue weighted by molar-refractivity contribution is 7.88. The predicted molar refractivity (Wildman–Crippen MR) is 128 cm³/mol. The van der Waals surface area contributed by atoms with Crippen molar-refractivity contribution in [1.29, 1.82) is 0 Å². The number of pyridine rings is 1. The summed E-state index contributed by atoms with van der Waals surface area (Å²) in [6.45, 7) is 1.78. The molecule has 2 heterocycles. The number of hydrogen-bond donors (Lipinski definition) is 3. The molecule has 0 saturated carbocycles. The number of sulfonamides is 1. The Kier molecular flexibility index (Phi) is 7.10. The molecule has 3 aromatic rings. The predicted octanol–water partition coefficient (Wildman–Crippen LogP) is 2.39. The molecule has 9 heteroatoms. The Hall–Kier alpha value is -3.17. The maximum absolute atomic E-state index is 12.5. The zero-order valence-electron chi connectivity index (χ0n) is 18.3. The van der Waals surface area contributed by atoms with Gasteiger partial charge in [0.2, 0.25) is 15.9 Å². The number of phenols is 1. The molecule has 0 bridgehead atoms. The van der Waals surface area contributed by atoms with Gasteiger partial charge in [0, 0.05) is 37.5 Å². The van der Waals surface area contributed by atoms with Gasteiger partial charge < -0.3 is 15.3 Å². The number of amides is 1. The SMILES string of the molecule is O=C(NCCNS(=O)(=O)Cc1ccccc1)C1CCN(c2ccc3cccc(O)c3n2)CC1. The smallest absolute Gasteiger partial charge is 0.223 e. The highest BCUT2D eigenvalue weighted by atomic mass is 32.2. The molecule has 0 aliphatic carbocycles. The number of aromatic nitrogens is 1. The van der Waals surface area contributed by atoms with Gasteiger partial charge in [-0.05, 0) is 36.6 Å². The van der Waals surface area contributed by atoms with E-state index in [1.165, 1.54) is 0 Å². The number of rotatable bonds is 8. The molecule has 0 radical (unpaired) electrons. The Labute approximate surface area is 193 Å². The van der Waals surface area contributed by atoms with Crippen molar-refractivity contribution in [2.45, 2.75) is 18.6 Å². The highest BCUT2D eigenvalue weighted by Crippen LogP contribution is 2.27. The molecule has 1 amide bonds. The summed E-state index contributed by atoms with van der Waals surface area (Å²) in [5.41, 5.74) is 1.29. The average molecular weight is 469 g/mol. The third-order valence-electron chi connectivity index (χ3n) is 5.82. The van der Waals surface area contributed by atoms with E-state index >= 15 is 0 Å². The summed E-state index contributed by atoms with van der Waals surface area (Å²) in [6.07, 6.45) is 1.37. The molecular formula is C24H28N4O4S. The van der Waals surface area contributed by atoms with Crippen LogP contribution in [0.4, 0.5) is 5.82 Å². The van der Waals surface area contributed by atoms with Gasteiger partial charge in [-0.25, -0.2) is 18.1 Å². The second-order valence-electron chi connectivity index (χ2n) is 8.21. The van der Waals surface area contributed by atoms with Crippen molar-refractivity contribution >= 4 is 32.7 Å². The Morgan fingerprint density at radius 2 is 1.76 bits per heavy atom. The van der Waals surface area contributed by atoms with E-state index in [1.54, 1.807) is 36.4 Å². The summed E-state index contributed by atoms with van der Waals surface area (Å²) in [5.74, 6) is 0.691. The van der Waals surface area contributed by atoms with E-state index in [1.807, 2.05) is 24.3 Å². The molecule has 1 aliphatic heterocycles. The Bertz CT molecular complexity index is 1210. The number of fused-ring (bicyclic) bond motifs is 1. The third kappa shape index (κ3) is 6.00. The van der Waals surface area contributed by atoms with Crippen LogP contribution in [0.25, 0.3) is 10.9 Å². The monoisotopic (exact) mass is 468 g/mol. The second-order valence-corrected chi connectivity index (χ2v) is 10.0. The largest absolute Gasteiger partial charge is 0.506 e. The van der Waals surface area contributed by atoms with Crippen molar-refractivity contribution in [3.8, 4) is 5.75 Å². The number of nitrogens with zero attached hydrogens (tertiary/aromatic N) is 2. The van der Waals surface area contributed by atoms with E-state index < -0.39 is 10.0 Å². The Morgan fingerprint density at radius 1 is 1.00 bits per heavy atom. The topological polar surface area (TPSA) is 112 Å². The van der Waals surface area contributed by atoms with Crippen LogP contribution >= 0.6 is 0 Å². The van der Waals surface area contributed by atoms with Gasteiger partial charge in [0.15, 0.2) is 0 Å². The zero-order valence-corrected chi connectivity index (χ0v) is 19.1. The van der Waals surface area contributed by atoms with Crippen molar-refractivity contribution in [2.75, 3.05) is 31.1 Å². The molecule has 0 atom stereocenters. The van der Waals surface area contributed by atoms with Crippen molar-refractivity contribution in [1.82, 2.24) is 15.0 Å². The summed E-state index contributed by atoms with van der Waals surface area (Å²) in [5, 5.41) is 13.8. The molecule has 0 spiro atoms. The van der Waals surface area contributed by atoms with Gasteiger partial charge in [0.05, 0.1) is 5.75 Å². The van der Waals surface area contributed by atoms with Crippen LogP contribution in [0.5, 0.6) is 5.75 Å². The number of anilines is 1. The molecule has 0 unspecified atom stereocenters. The lowest BCUT2D eigenvalue weighted by Crippen LogP contribution is -2.42. The van der Waals surface area contributed by atoms with Crippen LogP contribution < -0.4 is 14.9 Å². The molecule has 33 heavy (non-hydrogen) atoms. The van der Waals surface area contributed by atoms with Gasteiger partial charge in [0.25, 0.3) is 0 Å². The minimum Gasteiger partial charge on any atom is -0.506 e. The first kappa shape index (κ1) is 23.0. The maximum Gasteiger partial charge on any atom is 0.223 e. The number of carbonyl (C=O) groups excluding carboxylic acids is 1. The first-order valence-electron chi connectivity index (χ1n) is 11.0. The fourth-order valence-corrected chi connectivity index (χ4v) is 5.20. The number of piperidine rings is 1. The lowest BCUT2D eigenvalue weighted by Gasteiger charge is -2.32. The summed E-state index contributed by atoms with van der Waals surface area (Å²) in [7, 11) is -3.45. The normalized spacial score (nSPS) is 15.0. The molecule has 1 aliphatic rings. The molecule has 3 N–H and O–H groups in total. The van der Waals surface area contributed by atoms with Crippen molar-refractivity contribution < 1.29 is 18.3 Å². The summed E-state index contributed by atoms with van der Waals surface area (Å²) >= 11 is 0. The van der Waals surface area contributed by atoms with Gasteiger partial charge in [-0.15, -0.1) is 0 Å². The first-order valence-corrected chi connectivity index (χ1v) is 12.7. The van der Waals surface area contributed by atoms with Crippen LogP contribution in [0.1, 0.15) is 18.4 Å². The molecule has 1 saturated heterocycles. The van der Waals surface area contributed by atoms with E-state index in [-0.39, 0.29) is 36.4 Å². The second kappa shape index (κ2) is 10.2. The number of hydrogen-bond acceptors (Lipinski definition) is 6. The Morgan fingerprint density at radius 3 is 2.52 bits per heavy atom. The molecule has 4 rings (SSSR count). The fourth-order valence-electron chi connectivity index (χ4n) is 4.05. The number of benzene rings is 2. The lowest BCUT2D eigenvalue weighted by atomic mass is 9.96. The highest BCUT2D eigenvalue weighted by Gasteiger charge is 2.25. The lowest BCUT2D eigenvalue weighted by molar-refractivity contribution is -0.125. The van der Waals surface area contributed by atoms with Gasteiger partial charge in [-0.3, -0.25) is 4.79 Å². The summed E-state index contributed by atoms with van der Waals surface area (Å²) < 4.78 is 26.9. The van der Waals surface area contributed by atoms with Crippen LogP contribution in [0.15, 0.2) is 60.7 Å². The van der Waals surface area contributed by atoms with Crippen molar-refractivity contribution in [3.63, 3.8) is 0 Å². The van der Waals surface area contributed by atoms with E-state index in [4.69, 9.17) is 0 Å². The number of nitrogens with one attached hydrogen (secondary N) is 2. The number of carbonyl (C=O) groups is 1. The molecule has 174 valence electrons. The van der Waals surface area contributed by atoms with Crippen molar-refractivity contribution in [2.24, 2.45) is 5.92 Å². The summed E-state index contributed by atoms with van der Waals surface area (Å²) in [4.78, 5) is 19.2. The first-order chi connectivity index (χ1) is 15.9. The van der Waals surface area contributed by atoms with Crippen LogP contribution in [0, 0.1) is 5.92 Å². The molecule has 1 fully saturated rings. The number of phenolic OH excluding ortho intramolecular Hbond substituents is 1. The Balaban J connectivity index is 1.21. The molecule has 2 aromatic carbocycles. The van der Waals surface area contributed by atoms with Crippen LogP contribution in [-0.4, -0.2) is 50.6 Å². The van der Waals surface area contributed by atoms with Crippen LogP contribution in [0.3, 0.4) is 0 Å². The van der Waals surface area contributed by atoms with Crippen LogP contribution in [0.2, 0.25) is 0 Å². The standard InChI is InChI=1S/C24H28N4O4S/c29-21-8-4-7-19-9-10-22(27-23(19)21)28-15-11-20(12-16-28)24(30)25-13-14-26-33(31,32)17-18-5-2-1-3-6-18/h1-10,20,26,29H,11-17H2,(H,25,30). The minimum absolute atomic E-state index is 0.0546. The van der Waals surface area contributed by atoms with Gasteiger partial charge >= 0.3 is 0 Å². The third-order valence-corrected chi connectivity index (χ3v) is 7.18. The number of aromatic hydroxyl groups is 1. The van der Waals surface area contributed by atoms with Gasteiger partial charge in [-0.2, -0.15) is 0 Å². The van der Waals surface area contributed by atoms with E-state index in [0.717, 1.165) is 16.8 Å². The van der Waals surface area contributed by atoms with E-state index in [2.05, 4.69) is 19.9 Å². The quantitative estimate of drug-likeness (QED) is 0.438. The number of para-hydroxylation sites is 1.